The van der Waals surface area contributed by atoms with Crippen LogP contribution in [0.3, 0.4) is 0 Å². The number of carboxylic acid groups (broad SMARTS) is 1. The quantitative estimate of drug-likeness (QED) is 0.771. The highest BCUT2D eigenvalue weighted by Gasteiger charge is 2.18. The van der Waals surface area contributed by atoms with Crippen LogP contribution >= 0.6 is 11.3 Å². The first kappa shape index (κ1) is 12.7. The summed E-state index contributed by atoms with van der Waals surface area (Å²) >= 11 is 1.37. The van der Waals surface area contributed by atoms with Crippen LogP contribution in [-0.4, -0.2) is 21.0 Å². The molecule has 1 aromatic carbocycles. The number of thiazole rings is 1. The fourth-order valence-electron chi connectivity index (χ4n) is 1.97. The van der Waals surface area contributed by atoms with Crippen LogP contribution in [0.1, 0.15) is 11.7 Å². The number of carboxylic acids is 1. The molecule has 3 rings (SSSR count). The summed E-state index contributed by atoms with van der Waals surface area (Å²) in [5.41, 5.74) is 6.82. The third-order valence-corrected chi connectivity index (χ3v) is 3.90. The Labute approximate surface area is 118 Å². The van der Waals surface area contributed by atoms with E-state index in [2.05, 4.69) is 9.97 Å². The molecule has 3 N–H and O–H groups in total. The molecule has 0 saturated heterocycles. The second kappa shape index (κ2) is 4.99. The first-order valence-corrected chi connectivity index (χ1v) is 6.81. The Kier molecular flexibility index (Phi) is 3.17. The molecule has 0 aliphatic carbocycles. The minimum atomic E-state index is -1.09. The van der Waals surface area contributed by atoms with E-state index in [1.54, 1.807) is 17.8 Å². The number of nitrogens with zero attached hydrogens (tertiary/aromatic N) is 2. The van der Waals surface area contributed by atoms with Gasteiger partial charge in [0.1, 0.15) is 11.0 Å². The van der Waals surface area contributed by atoms with Crippen LogP contribution in [-0.2, 0) is 4.79 Å². The van der Waals surface area contributed by atoms with E-state index >= 15 is 0 Å². The number of aliphatic carboxylic acids is 1. The summed E-state index contributed by atoms with van der Waals surface area (Å²) < 4.78 is 0. The van der Waals surface area contributed by atoms with Gasteiger partial charge >= 0.3 is 5.97 Å². The molecule has 1 atom stereocenters. The maximum absolute atomic E-state index is 10.9. The van der Waals surface area contributed by atoms with Crippen molar-refractivity contribution < 1.29 is 9.90 Å². The van der Waals surface area contributed by atoms with Gasteiger partial charge in [0, 0.05) is 28.7 Å². The Hall–Kier alpha value is -2.31. The zero-order valence-corrected chi connectivity index (χ0v) is 11.2. The second-order valence-electron chi connectivity index (χ2n) is 4.30. The van der Waals surface area contributed by atoms with Crippen molar-refractivity contribution in [2.45, 2.75) is 6.04 Å². The van der Waals surface area contributed by atoms with Gasteiger partial charge in [-0.15, -0.1) is 11.3 Å². The Balaban J connectivity index is 2.10. The maximum atomic E-state index is 10.9. The van der Waals surface area contributed by atoms with Gasteiger partial charge < -0.3 is 10.8 Å². The highest BCUT2D eigenvalue weighted by Crippen LogP contribution is 2.30. The lowest BCUT2D eigenvalue weighted by Crippen LogP contribution is -2.20. The summed E-state index contributed by atoms with van der Waals surface area (Å²) in [4.78, 5) is 19.4. The monoisotopic (exact) mass is 285 g/mol. The molecule has 6 heteroatoms. The van der Waals surface area contributed by atoms with Crippen LogP contribution < -0.4 is 5.73 Å². The molecule has 2 heterocycles. The largest absolute Gasteiger partial charge is 0.480 e. The number of aromatic nitrogens is 2. The molecular weight excluding hydrogens is 274 g/mol. The van der Waals surface area contributed by atoms with Crippen molar-refractivity contribution in [3.8, 4) is 10.6 Å². The zero-order chi connectivity index (χ0) is 14.1. The van der Waals surface area contributed by atoms with Crippen molar-refractivity contribution in [1.29, 1.82) is 0 Å². The van der Waals surface area contributed by atoms with Crippen LogP contribution in [0.15, 0.2) is 42.0 Å². The molecule has 0 amide bonds. The fourth-order valence-corrected chi connectivity index (χ4v) is 2.85. The Morgan fingerprint density at radius 1 is 1.30 bits per heavy atom. The molecule has 0 fully saturated rings. The van der Waals surface area contributed by atoms with E-state index in [1.807, 2.05) is 24.3 Å². The number of carbonyl (C=O) groups is 1. The first-order chi connectivity index (χ1) is 9.66. The van der Waals surface area contributed by atoms with E-state index in [9.17, 15) is 4.79 Å². The number of benzene rings is 1. The van der Waals surface area contributed by atoms with Crippen molar-refractivity contribution in [2.75, 3.05) is 0 Å². The molecule has 20 heavy (non-hydrogen) atoms. The summed E-state index contributed by atoms with van der Waals surface area (Å²) in [7, 11) is 0. The van der Waals surface area contributed by atoms with Gasteiger partial charge in [0.25, 0.3) is 0 Å². The molecular formula is C14H11N3O2S. The molecule has 5 nitrogen and oxygen atoms in total. The van der Waals surface area contributed by atoms with Crippen molar-refractivity contribution in [3.63, 3.8) is 0 Å². The molecule has 2 aromatic heterocycles. The highest BCUT2D eigenvalue weighted by molar-refractivity contribution is 7.13. The standard InChI is InChI=1S/C14H11N3O2S/c15-12(14(18)19)11-7-20-13(17-11)10-6-16-5-8-3-1-2-4-9(8)10/h1-7,12H,15H2,(H,18,19). The average Bonchev–Trinajstić information content (AvgIpc) is 2.95. The average molecular weight is 285 g/mol. The van der Waals surface area contributed by atoms with Crippen LogP contribution in [0.2, 0.25) is 0 Å². The van der Waals surface area contributed by atoms with Gasteiger partial charge in [0.2, 0.25) is 0 Å². The van der Waals surface area contributed by atoms with E-state index in [-0.39, 0.29) is 0 Å². The molecule has 0 aliphatic rings. The second-order valence-corrected chi connectivity index (χ2v) is 5.16. The molecule has 0 aliphatic heterocycles. The summed E-state index contributed by atoms with van der Waals surface area (Å²) in [6, 6.07) is 6.77. The SMILES string of the molecule is NC(C(=O)O)c1csc(-c2cncc3ccccc23)n1. The number of pyridine rings is 1. The van der Waals surface area contributed by atoms with Gasteiger partial charge in [-0.3, -0.25) is 9.78 Å². The molecule has 0 spiro atoms. The first-order valence-electron chi connectivity index (χ1n) is 5.94. The zero-order valence-electron chi connectivity index (χ0n) is 10.4. The van der Waals surface area contributed by atoms with Crippen LogP contribution in [0.5, 0.6) is 0 Å². The lowest BCUT2D eigenvalue weighted by atomic mass is 10.1. The van der Waals surface area contributed by atoms with E-state index in [4.69, 9.17) is 10.8 Å². The van der Waals surface area contributed by atoms with Crippen LogP contribution in [0.4, 0.5) is 0 Å². The third kappa shape index (κ3) is 2.15. The minimum absolute atomic E-state index is 0.366. The lowest BCUT2D eigenvalue weighted by Gasteiger charge is -2.03. The minimum Gasteiger partial charge on any atom is -0.480 e. The Morgan fingerprint density at radius 3 is 2.90 bits per heavy atom. The van der Waals surface area contributed by atoms with Crippen molar-refractivity contribution in [3.05, 3.63) is 47.7 Å². The van der Waals surface area contributed by atoms with E-state index < -0.39 is 12.0 Å². The lowest BCUT2D eigenvalue weighted by molar-refractivity contribution is -0.138. The van der Waals surface area contributed by atoms with Crippen molar-refractivity contribution >= 4 is 28.1 Å². The van der Waals surface area contributed by atoms with Gasteiger partial charge in [-0.25, -0.2) is 4.98 Å². The van der Waals surface area contributed by atoms with E-state index in [0.717, 1.165) is 21.3 Å². The van der Waals surface area contributed by atoms with Crippen molar-refractivity contribution in [1.82, 2.24) is 9.97 Å². The normalized spacial score (nSPS) is 12.4. The van der Waals surface area contributed by atoms with Crippen LogP contribution in [0.25, 0.3) is 21.3 Å². The molecule has 0 radical (unpaired) electrons. The number of nitrogens with two attached hydrogens (primary N) is 1. The molecule has 0 bridgehead atoms. The predicted octanol–water partition coefficient (Wildman–Crippen LogP) is 2.44. The van der Waals surface area contributed by atoms with E-state index in [1.165, 1.54) is 11.3 Å². The van der Waals surface area contributed by atoms with E-state index in [0.29, 0.717) is 5.69 Å². The summed E-state index contributed by atoms with van der Waals surface area (Å²) in [6.45, 7) is 0. The fraction of sp³-hybridized carbons (Fsp3) is 0.0714. The smallest absolute Gasteiger partial charge is 0.326 e. The van der Waals surface area contributed by atoms with Gasteiger partial charge in [-0.2, -0.15) is 0 Å². The van der Waals surface area contributed by atoms with Crippen molar-refractivity contribution in [2.24, 2.45) is 5.73 Å². The predicted molar refractivity (Wildman–Crippen MR) is 77.4 cm³/mol. The van der Waals surface area contributed by atoms with Gasteiger partial charge in [0.05, 0.1) is 5.69 Å². The van der Waals surface area contributed by atoms with Gasteiger partial charge in [-0.1, -0.05) is 24.3 Å². The number of fused-ring (bicyclic) bond motifs is 1. The third-order valence-electron chi connectivity index (χ3n) is 3.01. The summed E-state index contributed by atoms with van der Waals surface area (Å²) in [5, 5.41) is 13.4. The number of hydrogen-bond donors (Lipinski definition) is 2. The molecule has 3 aromatic rings. The summed E-state index contributed by atoms with van der Waals surface area (Å²) in [6.07, 6.45) is 3.52. The highest BCUT2D eigenvalue weighted by atomic mass is 32.1. The van der Waals surface area contributed by atoms with Crippen LogP contribution in [0, 0.1) is 0 Å². The molecule has 100 valence electrons. The number of rotatable bonds is 3. The number of hydrogen-bond acceptors (Lipinski definition) is 5. The molecule has 0 saturated carbocycles. The summed E-state index contributed by atoms with van der Waals surface area (Å²) in [5.74, 6) is -1.09. The van der Waals surface area contributed by atoms with Gasteiger partial charge in [-0.05, 0) is 5.39 Å². The van der Waals surface area contributed by atoms with Gasteiger partial charge in [0.15, 0.2) is 0 Å². The Bertz CT molecular complexity index is 779. The maximum Gasteiger partial charge on any atom is 0.326 e. The Morgan fingerprint density at radius 2 is 2.10 bits per heavy atom. The topological polar surface area (TPSA) is 89.1 Å². The molecule has 1 unspecified atom stereocenters.